The molecule has 1 unspecified atom stereocenters. The van der Waals surface area contributed by atoms with Crippen molar-refractivity contribution in [2.24, 2.45) is 0 Å². The van der Waals surface area contributed by atoms with Crippen molar-refractivity contribution in [3.63, 3.8) is 0 Å². The average molecular weight is 339 g/mol. The topological polar surface area (TPSA) is 63.2 Å². The van der Waals surface area contributed by atoms with E-state index in [1.165, 1.54) is 5.56 Å². The molecule has 5 heteroatoms. The molecule has 1 aromatic carbocycles. The third kappa shape index (κ3) is 4.65. The molecule has 2 heterocycles. The van der Waals surface area contributed by atoms with Crippen LogP contribution in [0.25, 0.3) is 0 Å². The van der Waals surface area contributed by atoms with Crippen molar-refractivity contribution in [2.75, 3.05) is 19.8 Å². The number of hydrogen-bond donors (Lipinski definition) is 2. The van der Waals surface area contributed by atoms with E-state index in [0.717, 1.165) is 12.8 Å². The molecular formula is C20H25N3O2. The second kappa shape index (κ2) is 8.23. The Kier molecular flexibility index (Phi) is 5.79. The summed E-state index contributed by atoms with van der Waals surface area (Å²) in [5.74, 6) is -0.138. The summed E-state index contributed by atoms with van der Waals surface area (Å²) in [5.41, 5.74) is 1.52. The van der Waals surface area contributed by atoms with E-state index >= 15 is 0 Å². The summed E-state index contributed by atoms with van der Waals surface area (Å²) in [6, 6.07) is 15.9. The lowest BCUT2D eigenvalue weighted by atomic mass is 9.88. The van der Waals surface area contributed by atoms with E-state index in [-0.39, 0.29) is 17.5 Å². The number of rotatable bonds is 6. The second-order valence-electron chi connectivity index (χ2n) is 6.57. The summed E-state index contributed by atoms with van der Waals surface area (Å²) in [4.78, 5) is 16.5. The normalized spacial score (nSPS) is 17.6. The first-order valence-corrected chi connectivity index (χ1v) is 8.78. The van der Waals surface area contributed by atoms with Gasteiger partial charge < -0.3 is 15.4 Å². The zero-order valence-corrected chi connectivity index (χ0v) is 14.6. The van der Waals surface area contributed by atoms with Gasteiger partial charge in [0.2, 0.25) is 0 Å². The van der Waals surface area contributed by atoms with Crippen molar-refractivity contribution in [3.8, 4) is 0 Å². The molecule has 1 amide bonds. The van der Waals surface area contributed by atoms with Gasteiger partial charge in [-0.25, -0.2) is 0 Å². The fourth-order valence-corrected chi connectivity index (χ4v) is 3.26. The lowest BCUT2D eigenvalue weighted by Gasteiger charge is -2.40. The molecule has 1 atom stereocenters. The fourth-order valence-electron chi connectivity index (χ4n) is 3.26. The SMILES string of the molecule is CC(NC1(CNC(=O)c2ccccn2)CCOCC1)c1ccccc1. The van der Waals surface area contributed by atoms with E-state index in [9.17, 15) is 4.79 Å². The summed E-state index contributed by atoms with van der Waals surface area (Å²) >= 11 is 0. The molecule has 0 bridgehead atoms. The van der Waals surface area contributed by atoms with E-state index in [1.807, 2.05) is 24.3 Å². The number of benzene rings is 1. The van der Waals surface area contributed by atoms with Gasteiger partial charge in [-0.2, -0.15) is 0 Å². The van der Waals surface area contributed by atoms with Crippen molar-refractivity contribution in [1.82, 2.24) is 15.6 Å². The maximum atomic E-state index is 12.4. The van der Waals surface area contributed by atoms with Gasteiger partial charge in [0.1, 0.15) is 5.69 Å². The Morgan fingerprint density at radius 3 is 2.56 bits per heavy atom. The first-order chi connectivity index (χ1) is 12.2. The van der Waals surface area contributed by atoms with Gasteiger partial charge in [0.15, 0.2) is 0 Å². The van der Waals surface area contributed by atoms with Crippen molar-refractivity contribution in [2.45, 2.75) is 31.3 Å². The standard InChI is InChI=1S/C20H25N3O2/c1-16(17-7-3-2-4-8-17)23-20(10-13-25-14-11-20)15-22-19(24)18-9-5-6-12-21-18/h2-9,12,16,23H,10-11,13-15H2,1H3,(H,22,24). The Labute approximate surface area is 148 Å². The molecule has 1 saturated heterocycles. The monoisotopic (exact) mass is 339 g/mol. The van der Waals surface area contributed by atoms with E-state index in [1.54, 1.807) is 18.3 Å². The third-order valence-electron chi connectivity index (χ3n) is 4.76. The quantitative estimate of drug-likeness (QED) is 0.849. The number of nitrogens with zero attached hydrogens (tertiary/aromatic N) is 1. The molecule has 1 aliphatic heterocycles. The summed E-state index contributed by atoms with van der Waals surface area (Å²) in [6.45, 7) is 4.12. The number of pyridine rings is 1. The van der Waals surface area contributed by atoms with Crippen LogP contribution >= 0.6 is 0 Å². The molecule has 1 aliphatic rings. The smallest absolute Gasteiger partial charge is 0.269 e. The molecule has 0 aliphatic carbocycles. The maximum Gasteiger partial charge on any atom is 0.269 e. The van der Waals surface area contributed by atoms with Crippen LogP contribution in [0.3, 0.4) is 0 Å². The van der Waals surface area contributed by atoms with Gasteiger partial charge in [-0.15, -0.1) is 0 Å². The van der Waals surface area contributed by atoms with Crippen LogP contribution in [-0.4, -0.2) is 36.2 Å². The molecule has 1 fully saturated rings. The molecule has 2 aromatic rings. The number of nitrogens with one attached hydrogen (secondary N) is 2. The molecule has 5 nitrogen and oxygen atoms in total. The maximum absolute atomic E-state index is 12.4. The predicted molar refractivity (Wildman–Crippen MR) is 97.3 cm³/mol. The Morgan fingerprint density at radius 2 is 1.88 bits per heavy atom. The highest BCUT2D eigenvalue weighted by atomic mass is 16.5. The predicted octanol–water partition coefficient (Wildman–Crippen LogP) is 2.71. The van der Waals surface area contributed by atoms with Crippen LogP contribution in [0.1, 0.15) is 41.9 Å². The van der Waals surface area contributed by atoms with Gasteiger partial charge in [0.25, 0.3) is 5.91 Å². The molecule has 3 rings (SSSR count). The summed E-state index contributed by atoms with van der Waals surface area (Å²) in [6.07, 6.45) is 3.37. The van der Waals surface area contributed by atoms with Gasteiger partial charge in [-0.1, -0.05) is 36.4 Å². The van der Waals surface area contributed by atoms with E-state index in [4.69, 9.17) is 4.74 Å². The molecule has 0 spiro atoms. The average Bonchev–Trinajstić information content (AvgIpc) is 2.68. The van der Waals surface area contributed by atoms with Crippen LogP contribution in [0.2, 0.25) is 0 Å². The van der Waals surface area contributed by atoms with Crippen LogP contribution in [0.15, 0.2) is 54.7 Å². The number of aromatic nitrogens is 1. The highest BCUT2D eigenvalue weighted by Gasteiger charge is 2.34. The number of hydrogen-bond acceptors (Lipinski definition) is 4. The van der Waals surface area contributed by atoms with Crippen molar-refractivity contribution in [3.05, 3.63) is 66.0 Å². The summed E-state index contributed by atoms with van der Waals surface area (Å²) in [5, 5.41) is 6.79. The van der Waals surface area contributed by atoms with Crippen LogP contribution in [0, 0.1) is 0 Å². The van der Waals surface area contributed by atoms with Crippen molar-refractivity contribution < 1.29 is 9.53 Å². The van der Waals surface area contributed by atoms with Crippen LogP contribution < -0.4 is 10.6 Å². The van der Waals surface area contributed by atoms with Crippen LogP contribution in [0.4, 0.5) is 0 Å². The number of carbonyl (C=O) groups excluding carboxylic acids is 1. The first kappa shape index (κ1) is 17.6. The Bertz CT molecular complexity index is 670. The zero-order chi connectivity index (χ0) is 17.5. The molecule has 1 aromatic heterocycles. The van der Waals surface area contributed by atoms with E-state index in [2.05, 4.69) is 34.7 Å². The molecular weight excluding hydrogens is 314 g/mol. The van der Waals surface area contributed by atoms with E-state index < -0.39 is 0 Å². The van der Waals surface area contributed by atoms with Gasteiger partial charge in [-0.3, -0.25) is 9.78 Å². The highest BCUT2D eigenvalue weighted by Crippen LogP contribution is 2.25. The minimum absolute atomic E-state index is 0.138. The lowest BCUT2D eigenvalue weighted by molar-refractivity contribution is 0.0332. The molecule has 2 N–H and O–H groups in total. The Hall–Kier alpha value is -2.24. The second-order valence-corrected chi connectivity index (χ2v) is 6.57. The van der Waals surface area contributed by atoms with E-state index in [0.29, 0.717) is 25.5 Å². The van der Waals surface area contributed by atoms with Crippen molar-refractivity contribution >= 4 is 5.91 Å². The van der Waals surface area contributed by atoms with Gasteiger partial charge in [0.05, 0.1) is 0 Å². The number of carbonyl (C=O) groups is 1. The van der Waals surface area contributed by atoms with Gasteiger partial charge in [0, 0.05) is 37.5 Å². The number of amides is 1. The Balaban J connectivity index is 1.67. The van der Waals surface area contributed by atoms with Gasteiger partial charge in [-0.05, 0) is 37.5 Å². The summed E-state index contributed by atoms with van der Waals surface area (Å²) < 4.78 is 5.54. The number of ether oxygens (including phenoxy) is 1. The fraction of sp³-hybridized carbons (Fsp3) is 0.400. The molecule has 132 valence electrons. The van der Waals surface area contributed by atoms with Crippen LogP contribution in [0.5, 0.6) is 0 Å². The minimum atomic E-state index is -0.169. The Morgan fingerprint density at radius 1 is 1.16 bits per heavy atom. The van der Waals surface area contributed by atoms with Crippen LogP contribution in [-0.2, 0) is 4.74 Å². The highest BCUT2D eigenvalue weighted by molar-refractivity contribution is 5.92. The molecule has 25 heavy (non-hydrogen) atoms. The molecule has 0 radical (unpaired) electrons. The lowest BCUT2D eigenvalue weighted by Crippen LogP contribution is -2.57. The van der Waals surface area contributed by atoms with Gasteiger partial charge >= 0.3 is 0 Å². The minimum Gasteiger partial charge on any atom is -0.381 e. The third-order valence-corrected chi connectivity index (χ3v) is 4.76. The summed E-state index contributed by atoms with van der Waals surface area (Å²) in [7, 11) is 0. The zero-order valence-electron chi connectivity index (χ0n) is 14.6. The van der Waals surface area contributed by atoms with Crippen molar-refractivity contribution in [1.29, 1.82) is 0 Å². The largest absolute Gasteiger partial charge is 0.381 e. The first-order valence-electron chi connectivity index (χ1n) is 8.78. The molecule has 0 saturated carbocycles.